The highest BCUT2D eigenvalue weighted by molar-refractivity contribution is 7.18. The van der Waals surface area contributed by atoms with Crippen molar-refractivity contribution >= 4 is 56.0 Å². The summed E-state index contributed by atoms with van der Waals surface area (Å²) in [6.07, 6.45) is 8.80. The van der Waals surface area contributed by atoms with E-state index in [1.54, 1.807) is 36.8 Å². The lowest BCUT2D eigenvalue weighted by Crippen LogP contribution is -2.37. The summed E-state index contributed by atoms with van der Waals surface area (Å²) >= 11 is 1.55. The van der Waals surface area contributed by atoms with E-state index < -0.39 is 5.91 Å². The van der Waals surface area contributed by atoms with Gasteiger partial charge in [-0.3, -0.25) is 9.59 Å². The maximum atomic E-state index is 12.6. The number of ether oxygens (including phenoxy) is 1. The molecule has 9 nitrogen and oxygen atoms in total. The van der Waals surface area contributed by atoms with Crippen molar-refractivity contribution in [3.8, 4) is 28.0 Å². The molecule has 5 N–H and O–H groups in total. The second-order valence-corrected chi connectivity index (χ2v) is 11.9. The summed E-state index contributed by atoms with van der Waals surface area (Å²) in [7, 11) is 3.45. The summed E-state index contributed by atoms with van der Waals surface area (Å²) in [6.45, 7) is 3.70. The molecule has 1 fully saturated rings. The Morgan fingerprint density at radius 1 is 1.11 bits per heavy atom. The van der Waals surface area contributed by atoms with Gasteiger partial charge in [0.05, 0.1) is 7.11 Å². The van der Waals surface area contributed by atoms with E-state index in [0.29, 0.717) is 23.8 Å². The van der Waals surface area contributed by atoms with Crippen molar-refractivity contribution in [3.63, 3.8) is 0 Å². The number of methoxy groups -OCH3 is 1. The number of para-hydroxylation sites is 1. The largest absolute Gasteiger partial charge is 0.496 e. The van der Waals surface area contributed by atoms with E-state index in [2.05, 4.69) is 15.2 Å². The van der Waals surface area contributed by atoms with Crippen LogP contribution in [0.15, 0.2) is 60.1 Å². The number of pyridine rings is 1. The van der Waals surface area contributed by atoms with Crippen molar-refractivity contribution in [1.82, 2.24) is 19.8 Å². The maximum Gasteiger partial charge on any atom is 0.266 e. The second kappa shape index (κ2) is 12.5. The van der Waals surface area contributed by atoms with Gasteiger partial charge in [-0.05, 0) is 61.1 Å². The lowest BCUT2D eigenvalue weighted by Gasteiger charge is -2.26. The number of thiophene rings is 1. The summed E-state index contributed by atoms with van der Waals surface area (Å²) in [5, 5.41) is 6.77. The number of carbonyl (C=O) groups is 2. The number of benzene rings is 2. The lowest BCUT2D eigenvalue weighted by atomic mass is 9.96. The lowest BCUT2D eigenvalue weighted by molar-refractivity contribution is -0.116. The third-order valence-corrected chi connectivity index (χ3v) is 9.39. The molecular weight excluding hydrogens is 572 g/mol. The number of carbonyl (C=O) groups excluding carboxylic acids is 2. The molecule has 1 saturated heterocycles. The van der Waals surface area contributed by atoms with Crippen LogP contribution in [-0.2, 0) is 11.8 Å². The molecule has 2 amide bonds. The van der Waals surface area contributed by atoms with E-state index >= 15 is 0 Å². The standard InChI is InChI=1S/C34H36N6O3S/c1-39-26-9-5-4-8-23(26)29(31(39)34(36)42)24-12-10-21(18-27(24)43-2)25-20-44-32-22(19-38-33(35)30(25)32)11-13-28(41)37-14-17-40-15-6-3-7-16-40/h4-5,8-13,18-20H,3,6-7,14-17H2,1-2H3,(H2,35,38)(H2,36,42)(H,37,41)/b13-11+. The van der Waals surface area contributed by atoms with Crippen LogP contribution < -0.4 is 21.5 Å². The average molecular weight is 609 g/mol. The number of amides is 2. The first-order valence-corrected chi connectivity index (χ1v) is 15.6. The van der Waals surface area contributed by atoms with Crippen LogP contribution in [0.3, 0.4) is 0 Å². The minimum Gasteiger partial charge on any atom is -0.496 e. The molecule has 0 radical (unpaired) electrons. The van der Waals surface area contributed by atoms with Gasteiger partial charge >= 0.3 is 0 Å². The van der Waals surface area contributed by atoms with Crippen LogP contribution in [0.2, 0.25) is 0 Å². The number of aryl methyl sites for hydroxylation is 1. The number of aromatic nitrogens is 2. The Morgan fingerprint density at radius 2 is 1.91 bits per heavy atom. The number of primary amides is 1. The second-order valence-electron chi connectivity index (χ2n) is 11.1. The number of piperidine rings is 1. The van der Waals surface area contributed by atoms with Crippen LogP contribution in [0, 0.1) is 0 Å². The Balaban J connectivity index is 1.30. The zero-order valence-corrected chi connectivity index (χ0v) is 25.7. The van der Waals surface area contributed by atoms with Gasteiger partial charge in [-0.25, -0.2) is 4.98 Å². The van der Waals surface area contributed by atoms with Gasteiger partial charge in [0.25, 0.3) is 5.91 Å². The van der Waals surface area contributed by atoms with Gasteiger partial charge < -0.3 is 31.0 Å². The number of rotatable bonds is 9. The molecule has 10 heteroatoms. The van der Waals surface area contributed by atoms with Gasteiger partial charge in [0.1, 0.15) is 17.3 Å². The number of nitrogens with one attached hydrogen (secondary N) is 1. The van der Waals surface area contributed by atoms with Crippen molar-refractivity contribution in [1.29, 1.82) is 0 Å². The summed E-state index contributed by atoms with van der Waals surface area (Å²) in [6, 6.07) is 13.7. The molecule has 0 saturated carbocycles. The summed E-state index contributed by atoms with van der Waals surface area (Å²) < 4.78 is 8.63. The van der Waals surface area contributed by atoms with Gasteiger partial charge in [-0.1, -0.05) is 30.7 Å². The zero-order chi connectivity index (χ0) is 30.8. The van der Waals surface area contributed by atoms with E-state index in [9.17, 15) is 9.59 Å². The summed E-state index contributed by atoms with van der Waals surface area (Å²) in [5.74, 6) is 0.369. The summed E-state index contributed by atoms with van der Waals surface area (Å²) in [4.78, 5) is 32.0. The fourth-order valence-corrected chi connectivity index (χ4v) is 7.26. The van der Waals surface area contributed by atoms with Crippen LogP contribution in [-0.4, -0.2) is 59.6 Å². The molecule has 0 bridgehead atoms. The van der Waals surface area contributed by atoms with E-state index in [4.69, 9.17) is 16.2 Å². The molecule has 0 atom stereocenters. The molecular formula is C34H36N6O3S. The highest BCUT2D eigenvalue weighted by atomic mass is 32.1. The van der Waals surface area contributed by atoms with Crippen molar-refractivity contribution < 1.29 is 14.3 Å². The maximum absolute atomic E-state index is 12.6. The molecule has 1 aliphatic rings. The number of fused-ring (bicyclic) bond motifs is 2. The third kappa shape index (κ3) is 5.54. The van der Waals surface area contributed by atoms with Gasteiger partial charge in [0.2, 0.25) is 5.91 Å². The van der Waals surface area contributed by atoms with Crippen LogP contribution >= 0.6 is 11.3 Å². The van der Waals surface area contributed by atoms with Gasteiger partial charge in [0, 0.05) is 75.7 Å². The number of nitrogen functional groups attached to an aromatic ring is 1. The fourth-order valence-electron chi connectivity index (χ4n) is 6.18. The quantitative estimate of drug-likeness (QED) is 0.192. The van der Waals surface area contributed by atoms with Crippen molar-refractivity contribution in [2.45, 2.75) is 19.3 Å². The number of hydrogen-bond donors (Lipinski definition) is 3. The third-order valence-electron chi connectivity index (χ3n) is 8.36. The number of nitrogens with zero attached hydrogens (tertiary/aromatic N) is 3. The van der Waals surface area contributed by atoms with Crippen LogP contribution in [0.5, 0.6) is 5.75 Å². The molecule has 226 valence electrons. The zero-order valence-electron chi connectivity index (χ0n) is 24.9. The molecule has 0 aliphatic carbocycles. The van der Waals surface area contributed by atoms with Crippen LogP contribution in [0.4, 0.5) is 5.82 Å². The Hall–Kier alpha value is -4.67. The molecule has 5 aromatic rings. The Morgan fingerprint density at radius 3 is 2.68 bits per heavy atom. The number of hydrogen-bond acceptors (Lipinski definition) is 7. The average Bonchev–Trinajstić information content (AvgIpc) is 3.61. The number of nitrogens with two attached hydrogens (primary N) is 2. The SMILES string of the molecule is COc1cc(-c2csc3c(/C=C/C(=O)NCCN4CCCCC4)cnc(N)c23)ccc1-c1c(C(N)=O)n(C)c2ccccc12. The van der Waals surface area contributed by atoms with E-state index in [1.807, 2.05) is 59.5 Å². The molecule has 0 unspecified atom stereocenters. The predicted molar refractivity (Wildman–Crippen MR) is 179 cm³/mol. The van der Waals surface area contributed by atoms with Crippen molar-refractivity contribution in [3.05, 3.63) is 71.4 Å². The number of likely N-dealkylation sites (tertiary alicyclic amines) is 1. The Labute approximate surface area is 260 Å². The molecule has 0 spiro atoms. The van der Waals surface area contributed by atoms with Gasteiger partial charge in [-0.2, -0.15) is 0 Å². The highest BCUT2D eigenvalue weighted by Crippen LogP contribution is 2.44. The minimum absolute atomic E-state index is 0.132. The monoisotopic (exact) mass is 608 g/mol. The molecule has 44 heavy (non-hydrogen) atoms. The Bertz CT molecular complexity index is 1900. The molecule has 6 rings (SSSR count). The van der Waals surface area contributed by atoms with Crippen molar-refractivity contribution in [2.24, 2.45) is 12.8 Å². The summed E-state index contributed by atoms with van der Waals surface area (Å²) in [5.41, 5.74) is 17.7. The Kier molecular flexibility index (Phi) is 8.36. The van der Waals surface area contributed by atoms with Crippen molar-refractivity contribution in [2.75, 3.05) is 39.0 Å². The first-order valence-electron chi connectivity index (χ1n) is 14.8. The first-order chi connectivity index (χ1) is 21.4. The topological polar surface area (TPSA) is 128 Å². The predicted octanol–water partition coefficient (Wildman–Crippen LogP) is 5.43. The van der Waals surface area contributed by atoms with Gasteiger partial charge in [-0.15, -0.1) is 11.3 Å². The molecule has 2 aromatic carbocycles. The van der Waals surface area contributed by atoms with Gasteiger partial charge in [0.15, 0.2) is 0 Å². The fraction of sp³-hybridized carbons (Fsp3) is 0.265. The van der Waals surface area contributed by atoms with Crippen LogP contribution in [0.1, 0.15) is 35.3 Å². The molecule has 3 aromatic heterocycles. The van der Waals surface area contributed by atoms with E-state index in [-0.39, 0.29) is 5.91 Å². The molecule has 4 heterocycles. The smallest absolute Gasteiger partial charge is 0.266 e. The highest BCUT2D eigenvalue weighted by Gasteiger charge is 2.24. The first kappa shape index (κ1) is 29.4. The minimum atomic E-state index is -0.510. The van der Waals surface area contributed by atoms with Crippen LogP contribution in [0.25, 0.3) is 49.3 Å². The van der Waals surface area contributed by atoms with E-state index in [0.717, 1.165) is 68.4 Å². The molecule has 1 aliphatic heterocycles. The van der Waals surface area contributed by atoms with E-state index in [1.165, 1.54) is 19.3 Å². The number of anilines is 1. The normalized spacial score (nSPS) is 14.0.